The van der Waals surface area contributed by atoms with Gasteiger partial charge >= 0.3 is 0 Å². The van der Waals surface area contributed by atoms with Crippen LogP contribution in [0.15, 0.2) is 54.6 Å². The fraction of sp³-hybridized carbons (Fsp3) is 0.278. The summed E-state index contributed by atoms with van der Waals surface area (Å²) in [6.45, 7) is 0.689. The summed E-state index contributed by atoms with van der Waals surface area (Å²) in [7, 11) is 5.59. The summed E-state index contributed by atoms with van der Waals surface area (Å²) in [4.78, 5) is 14.9. The van der Waals surface area contributed by atoms with Gasteiger partial charge in [0.15, 0.2) is 5.78 Å². The largest absolute Gasteiger partial charge is 0.497 e. The van der Waals surface area contributed by atoms with Crippen LogP contribution in [0.25, 0.3) is 0 Å². The summed E-state index contributed by atoms with van der Waals surface area (Å²) in [6, 6.07) is 17.2. The number of hydrogen-bond donors (Lipinski definition) is 0. The summed E-state index contributed by atoms with van der Waals surface area (Å²) in [5.41, 5.74) is 1.76. The lowest BCUT2D eigenvalue weighted by Gasteiger charge is -2.20. The van der Waals surface area contributed by atoms with E-state index in [9.17, 15) is 4.79 Å². The zero-order valence-corrected chi connectivity index (χ0v) is 14.9. The Kier molecular flexibility index (Phi) is 7.28. The van der Waals surface area contributed by atoms with E-state index in [1.165, 1.54) is 0 Å². The SMILES string of the molecule is Br.COc1ccc(C(=O)C(CN(C)C)c2ccccc2)cc1. The average Bonchev–Trinajstić information content (AvgIpc) is 2.53. The van der Waals surface area contributed by atoms with E-state index in [4.69, 9.17) is 4.74 Å². The predicted octanol–water partition coefficient (Wildman–Crippen LogP) is 3.80. The van der Waals surface area contributed by atoms with Gasteiger partial charge < -0.3 is 9.64 Å². The number of carbonyl (C=O) groups excluding carboxylic acids is 1. The minimum Gasteiger partial charge on any atom is -0.497 e. The van der Waals surface area contributed by atoms with Gasteiger partial charge in [0.1, 0.15) is 5.75 Å². The third-order valence-corrected chi connectivity index (χ3v) is 3.44. The fourth-order valence-electron chi connectivity index (χ4n) is 2.35. The van der Waals surface area contributed by atoms with E-state index >= 15 is 0 Å². The van der Waals surface area contributed by atoms with Crippen LogP contribution in [0, 0.1) is 0 Å². The van der Waals surface area contributed by atoms with E-state index in [0.717, 1.165) is 11.3 Å². The zero-order valence-electron chi connectivity index (χ0n) is 13.2. The van der Waals surface area contributed by atoms with Crippen molar-refractivity contribution >= 4 is 22.8 Å². The molecule has 0 radical (unpaired) electrons. The Morgan fingerprint density at radius 3 is 2.14 bits per heavy atom. The second-order valence-electron chi connectivity index (χ2n) is 5.32. The lowest BCUT2D eigenvalue weighted by Crippen LogP contribution is -2.26. The molecule has 0 N–H and O–H groups in total. The Morgan fingerprint density at radius 2 is 1.64 bits per heavy atom. The van der Waals surface area contributed by atoms with Gasteiger partial charge in [0.05, 0.1) is 13.0 Å². The molecule has 0 aliphatic heterocycles. The monoisotopic (exact) mass is 363 g/mol. The highest BCUT2D eigenvalue weighted by Gasteiger charge is 2.22. The summed E-state index contributed by atoms with van der Waals surface area (Å²) in [6.07, 6.45) is 0. The fourth-order valence-corrected chi connectivity index (χ4v) is 2.35. The van der Waals surface area contributed by atoms with E-state index in [2.05, 4.69) is 0 Å². The Bertz CT molecular complexity index is 582. The standard InChI is InChI=1S/C18H21NO2.BrH/c1-19(2)13-17(14-7-5-4-6-8-14)18(20)15-9-11-16(21-3)12-10-15;/h4-12,17H,13H2,1-3H3;1H. The molecule has 0 saturated heterocycles. The number of Topliss-reactive ketones (excluding diaryl/α,β-unsaturated/α-hetero) is 1. The number of rotatable bonds is 6. The van der Waals surface area contributed by atoms with Gasteiger partial charge in [-0.2, -0.15) is 0 Å². The summed E-state index contributed by atoms with van der Waals surface area (Å²) in [5.74, 6) is 0.738. The van der Waals surface area contributed by atoms with Crippen molar-refractivity contribution < 1.29 is 9.53 Å². The number of halogens is 1. The molecule has 1 atom stereocenters. The lowest BCUT2D eigenvalue weighted by atomic mass is 9.90. The maximum atomic E-state index is 12.8. The molecule has 118 valence electrons. The number of nitrogens with zero attached hydrogens (tertiary/aromatic N) is 1. The first-order chi connectivity index (χ1) is 10.1. The molecule has 1 unspecified atom stereocenters. The molecule has 22 heavy (non-hydrogen) atoms. The molecule has 4 heteroatoms. The minimum atomic E-state index is -0.158. The van der Waals surface area contributed by atoms with Gasteiger partial charge in [0.2, 0.25) is 0 Å². The summed E-state index contributed by atoms with van der Waals surface area (Å²) < 4.78 is 5.14. The molecule has 0 aromatic heterocycles. The van der Waals surface area contributed by atoms with Crippen LogP contribution in [0.4, 0.5) is 0 Å². The third-order valence-electron chi connectivity index (χ3n) is 3.44. The van der Waals surface area contributed by atoms with Crippen molar-refractivity contribution in [1.82, 2.24) is 4.90 Å². The minimum absolute atomic E-state index is 0. The molecule has 2 aromatic carbocycles. The van der Waals surface area contributed by atoms with Crippen LogP contribution in [-0.4, -0.2) is 38.4 Å². The van der Waals surface area contributed by atoms with Crippen molar-refractivity contribution in [2.45, 2.75) is 5.92 Å². The van der Waals surface area contributed by atoms with Gasteiger partial charge in [0, 0.05) is 12.1 Å². The quantitative estimate of drug-likeness (QED) is 0.731. The van der Waals surface area contributed by atoms with Gasteiger partial charge in [-0.25, -0.2) is 0 Å². The van der Waals surface area contributed by atoms with Crippen molar-refractivity contribution in [3.05, 3.63) is 65.7 Å². The van der Waals surface area contributed by atoms with Crippen LogP contribution in [0.5, 0.6) is 5.75 Å². The molecule has 0 saturated carbocycles. The molecule has 0 amide bonds. The first kappa shape index (κ1) is 18.4. The number of ketones is 1. The predicted molar refractivity (Wildman–Crippen MR) is 95.4 cm³/mol. The number of benzene rings is 2. The molecule has 0 aliphatic rings. The Balaban J connectivity index is 0.00000242. The van der Waals surface area contributed by atoms with Crippen LogP contribution >= 0.6 is 17.0 Å². The number of hydrogen-bond acceptors (Lipinski definition) is 3. The van der Waals surface area contributed by atoms with Crippen LogP contribution < -0.4 is 4.74 Å². The van der Waals surface area contributed by atoms with E-state index in [1.807, 2.05) is 73.6 Å². The van der Waals surface area contributed by atoms with Gasteiger partial charge in [0.25, 0.3) is 0 Å². The van der Waals surface area contributed by atoms with Gasteiger partial charge in [-0.05, 0) is 43.9 Å². The zero-order chi connectivity index (χ0) is 15.2. The third kappa shape index (κ3) is 4.68. The van der Waals surface area contributed by atoms with Crippen LogP contribution in [0.3, 0.4) is 0 Å². The number of methoxy groups -OCH3 is 1. The van der Waals surface area contributed by atoms with E-state index in [1.54, 1.807) is 7.11 Å². The highest BCUT2D eigenvalue weighted by molar-refractivity contribution is 8.93. The number of likely N-dealkylation sites (N-methyl/N-ethyl adjacent to an activating group) is 1. The average molecular weight is 364 g/mol. The van der Waals surface area contributed by atoms with E-state index < -0.39 is 0 Å². The molecular formula is C18H22BrNO2. The molecule has 2 rings (SSSR count). The van der Waals surface area contributed by atoms with Crippen molar-refractivity contribution in [1.29, 1.82) is 0 Å². The molecule has 3 nitrogen and oxygen atoms in total. The van der Waals surface area contributed by atoms with Gasteiger partial charge in [-0.15, -0.1) is 17.0 Å². The van der Waals surface area contributed by atoms with Crippen molar-refractivity contribution in [2.75, 3.05) is 27.7 Å². The highest BCUT2D eigenvalue weighted by Crippen LogP contribution is 2.23. The van der Waals surface area contributed by atoms with Gasteiger partial charge in [-0.3, -0.25) is 4.79 Å². The Labute approximate surface area is 142 Å². The van der Waals surface area contributed by atoms with Crippen molar-refractivity contribution in [2.24, 2.45) is 0 Å². The van der Waals surface area contributed by atoms with Crippen molar-refractivity contribution in [3.63, 3.8) is 0 Å². The van der Waals surface area contributed by atoms with E-state index in [0.29, 0.717) is 12.1 Å². The molecule has 0 aliphatic carbocycles. The first-order valence-corrected chi connectivity index (χ1v) is 6.99. The molecule has 0 fully saturated rings. The summed E-state index contributed by atoms with van der Waals surface area (Å²) in [5, 5.41) is 0. The van der Waals surface area contributed by atoms with Crippen LogP contribution in [-0.2, 0) is 0 Å². The second kappa shape index (κ2) is 8.71. The maximum Gasteiger partial charge on any atom is 0.171 e. The number of ether oxygens (including phenoxy) is 1. The molecule has 0 spiro atoms. The Morgan fingerprint density at radius 1 is 1.05 bits per heavy atom. The van der Waals surface area contributed by atoms with Crippen LogP contribution in [0.1, 0.15) is 21.8 Å². The number of carbonyl (C=O) groups is 1. The second-order valence-corrected chi connectivity index (χ2v) is 5.32. The molecular weight excluding hydrogens is 342 g/mol. The topological polar surface area (TPSA) is 29.5 Å². The summed E-state index contributed by atoms with van der Waals surface area (Å²) >= 11 is 0. The van der Waals surface area contributed by atoms with Crippen molar-refractivity contribution in [3.8, 4) is 5.75 Å². The molecule has 0 heterocycles. The van der Waals surface area contributed by atoms with Crippen LogP contribution in [0.2, 0.25) is 0 Å². The molecule has 2 aromatic rings. The first-order valence-electron chi connectivity index (χ1n) is 6.99. The normalized spacial score (nSPS) is 11.6. The lowest BCUT2D eigenvalue weighted by molar-refractivity contribution is 0.0945. The highest BCUT2D eigenvalue weighted by atomic mass is 79.9. The smallest absolute Gasteiger partial charge is 0.171 e. The van der Waals surface area contributed by atoms with E-state index in [-0.39, 0.29) is 28.7 Å². The van der Waals surface area contributed by atoms with Gasteiger partial charge in [-0.1, -0.05) is 30.3 Å². The molecule has 0 bridgehead atoms. The maximum absolute atomic E-state index is 12.8. The Hall–Kier alpha value is -1.65.